The standard InChI is InChI=1S/C24H34N6O2/c1-16(2)4-7-20(30-17(3)26-23(28-30)27-22(32)19-5-6-19)18-8-11-24(12-9-18)14-29(15-24)21(31)10-13-25/h7,18-19,21,31H,1,4-6,8-12,14-15H2,2-3H3,(H,27,28,32)/b20-7-. The number of aromatic nitrogens is 3. The van der Waals surface area contributed by atoms with E-state index >= 15 is 0 Å². The second-order valence-electron chi connectivity index (χ2n) is 9.97. The number of rotatable bonds is 8. The Morgan fingerprint density at radius 1 is 1.34 bits per heavy atom. The number of aliphatic hydroxyl groups is 1. The summed E-state index contributed by atoms with van der Waals surface area (Å²) in [6.07, 6.45) is 8.70. The van der Waals surface area contributed by atoms with Gasteiger partial charge in [0.2, 0.25) is 11.9 Å². The van der Waals surface area contributed by atoms with E-state index in [-0.39, 0.29) is 23.7 Å². The topological polar surface area (TPSA) is 107 Å². The van der Waals surface area contributed by atoms with E-state index in [0.717, 1.165) is 75.1 Å². The highest BCUT2D eigenvalue weighted by molar-refractivity contribution is 5.92. The SMILES string of the molecule is C=C(C)C/C=C(/C1CCC2(CC1)CN(C(O)CC#N)C2)n1nc(NC(=O)C2CC2)nc1C. The average molecular weight is 439 g/mol. The number of hydrogen-bond donors (Lipinski definition) is 2. The van der Waals surface area contributed by atoms with Crippen molar-refractivity contribution in [3.8, 4) is 6.07 Å². The lowest BCUT2D eigenvalue weighted by Gasteiger charge is -2.55. The molecule has 3 fully saturated rings. The molecule has 2 saturated carbocycles. The number of hydrogen-bond acceptors (Lipinski definition) is 6. The van der Waals surface area contributed by atoms with Gasteiger partial charge in [-0.05, 0) is 64.2 Å². The molecule has 2 N–H and O–H groups in total. The average Bonchev–Trinajstić information content (AvgIpc) is 3.51. The van der Waals surface area contributed by atoms with Crippen molar-refractivity contribution in [2.24, 2.45) is 17.3 Å². The fourth-order valence-corrected chi connectivity index (χ4v) is 5.03. The molecular weight excluding hydrogens is 404 g/mol. The fourth-order valence-electron chi connectivity index (χ4n) is 5.03. The van der Waals surface area contributed by atoms with Crippen LogP contribution in [0.25, 0.3) is 5.70 Å². The summed E-state index contributed by atoms with van der Waals surface area (Å²) in [6.45, 7) is 9.73. The van der Waals surface area contributed by atoms with Crippen molar-refractivity contribution in [3.63, 3.8) is 0 Å². The predicted molar refractivity (Wildman–Crippen MR) is 122 cm³/mol. The first-order chi connectivity index (χ1) is 15.3. The number of carbonyl (C=O) groups excluding carboxylic acids is 1. The molecule has 1 aromatic heterocycles. The molecule has 32 heavy (non-hydrogen) atoms. The molecule has 0 radical (unpaired) electrons. The highest BCUT2D eigenvalue weighted by atomic mass is 16.3. The zero-order chi connectivity index (χ0) is 22.9. The van der Waals surface area contributed by atoms with Crippen molar-refractivity contribution in [2.45, 2.75) is 71.4 Å². The molecule has 2 heterocycles. The van der Waals surface area contributed by atoms with E-state index in [0.29, 0.717) is 11.9 Å². The van der Waals surface area contributed by atoms with E-state index in [1.165, 1.54) is 0 Å². The van der Waals surface area contributed by atoms with Crippen LogP contribution in [0.15, 0.2) is 18.2 Å². The number of allylic oxidation sites excluding steroid dienone is 3. The van der Waals surface area contributed by atoms with Gasteiger partial charge >= 0.3 is 0 Å². The maximum Gasteiger partial charge on any atom is 0.249 e. The van der Waals surface area contributed by atoms with Crippen molar-refractivity contribution >= 4 is 17.6 Å². The van der Waals surface area contributed by atoms with Gasteiger partial charge in [0.05, 0.1) is 12.5 Å². The van der Waals surface area contributed by atoms with Crippen LogP contribution in [0, 0.1) is 35.5 Å². The molecule has 3 aliphatic rings. The highest BCUT2D eigenvalue weighted by Crippen LogP contribution is 2.48. The van der Waals surface area contributed by atoms with Crippen LogP contribution in [-0.4, -0.2) is 50.0 Å². The molecule has 1 atom stereocenters. The lowest BCUT2D eigenvalue weighted by Crippen LogP contribution is -2.60. The smallest absolute Gasteiger partial charge is 0.249 e. The zero-order valence-electron chi connectivity index (χ0n) is 19.2. The van der Waals surface area contributed by atoms with Crippen LogP contribution < -0.4 is 5.32 Å². The first-order valence-corrected chi connectivity index (χ1v) is 11.7. The predicted octanol–water partition coefficient (Wildman–Crippen LogP) is 3.47. The van der Waals surface area contributed by atoms with Gasteiger partial charge in [0.1, 0.15) is 12.1 Å². The lowest BCUT2D eigenvalue weighted by molar-refractivity contribution is -0.123. The fraction of sp³-hybridized carbons (Fsp3) is 0.667. The Bertz CT molecular complexity index is 938. The summed E-state index contributed by atoms with van der Waals surface area (Å²) in [7, 11) is 0. The summed E-state index contributed by atoms with van der Waals surface area (Å²) in [5.41, 5.74) is 2.49. The monoisotopic (exact) mass is 438 g/mol. The Morgan fingerprint density at radius 2 is 2.03 bits per heavy atom. The molecule has 1 aromatic rings. The van der Waals surface area contributed by atoms with Gasteiger partial charge in [0, 0.05) is 30.6 Å². The second-order valence-corrected chi connectivity index (χ2v) is 9.97. The van der Waals surface area contributed by atoms with Crippen molar-refractivity contribution in [1.82, 2.24) is 19.7 Å². The minimum atomic E-state index is -0.642. The molecule has 1 spiro atoms. The van der Waals surface area contributed by atoms with E-state index in [1.807, 2.05) is 23.4 Å². The van der Waals surface area contributed by atoms with Gasteiger partial charge in [-0.1, -0.05) is 18.2 Å². The maximum absolute atomic E-state index is 12.1. The van der Waals surface area contributed by atoms with Gasteiger partial charge in [-0.3, -0.25) is 15.0 Å². The summed E-state index contributed by atoms with van der Waals surface area (Å²) in [5.74, 6) is 1.66. The van der Waals surface area contributed by atoms with E-state index in [9.17, 15) is 9.90 Å². The van der Waals surface area contributed by atoms with Crippen LogP contribution in [0.4, 0.5) is 5.95 Å². The largest absolute Gasteiger partial charge is 0.377 e. The van der Waals surface area contributed by atoms with Crippen LogP contribution >= 0.6 is 0 Å². The number of aliphatic hydroxyl groups excluding tert-OH is 1. The third-order valence-corrected chi connectivity index (χ3v) is 7.09. The number of likely N-dealkylation sites (tertiary alicyclic amines) is 1. The molecule has 2 aliphatic carbocycles. The first kappa shape index (κ1) is 22.7. The van der Waals surface area contributed by atoms with Crippen LogP contribution in [-0.2, 0) is 4.79 Å². The number of carbonyl (C=O) groups is 1. The third kappa shape index (κ3) is 4.94. The molecule has 1 saturated heterocycles. The van der Waals surface area contributed by atoms with Crippen LogP contribution in [0.2, 0.25) is 0 Å². The minimum Gasteiger partial charge on any atom is -0.377 e. The number of nitriles is 1. The summed E-state index contributed by atoms with van der Waals surface area (Å²) in [4.78, 5) is 18.7. The summed E-state index contributed by atoms with van der Waals surface area (Å²) in [5, 5.41) is 26.4. The van der Waals surface area contributed by atoms with Crippen molar-refractivity contribution in [1.29, 1.82) is 5.26 Å². The Balaban J connectivity index is 1.44. The van der Waals surface area contributed by atoms with E-state index in [1.54, 1.807) is 0 Å². The molecule has 4 rings (SSSR count). The Hall–Kier alpha value is -2.50. The zero-order valence-corrected chi connectivity index (χ0v) is 19.2. The molecule has 1 unspecified atom stereocenters. The number of anilines is 1. The molecule has 172 valence electrons. The Morgan fingerprint density at radius 3 is 2.62 bits per heavy atom. The molecule has 0 bridgehead atoms. The lowest BCUT2D eigenvalue weighted by atomic mass is 9.65. The normalized spacial score (nSPS) is 22.2. The molecule has 8 nitrogen and oxygen atoms in total. The van der Waals surface area contributed by atoms with E-state index in [4.69, 9.17) is 5.26 Å². The number of amides is 1. The van der Waals surface area contributed by atoms with Crippen molar-refractivity contribution in [2.75, 3.05) is 18.4 Å². The van der Waals surface area contributed by atoms with E-state index in [2.05, 4.69) is 34.1 Å². The number of nitrogens with zero attached hydrogens (tertiary/aromatic N) is 5. The molecule has 1 aliphatic heterocycles. The van der Waals surface area contributed by atoms with Crippen molar-refractivity contribution < 1.29 is 9.90 Å². The highest BCUT2D eigenvalue weighted by Gasteiger charge is 2.47. The molecular formula is C24H34N6O2. The van der Waals surface area contributed by atoms with Crippen LogP contribution in [0.3, 0.4) is 0 Å². The van der Waals surface area contributed by atoms with Gasteiger partial charge < -0.3 is 5.11 Å². The van der Waals surface area contributed by atoms with Crippen molar-refractivity contribution in [3.05, 3.63) is 24.1 Å². The maximum atomic E-state index is 12.1. The first-order valence-electron chi connectivity index (χ1n) is 11.7. The Labute approximate surface area is 190 Å². The summed E-state index contributed by atoms with van der Waals surface area (Å²) in [6, 6.07) is 2.05. The van der Waals surface area contributed by atoms with Gasteiger partial charge in [-0.2, -0.15) is 10.2 Å². The van der Waals surface area contributed by atoms with Gasteiger partial charge in [0.15, 0.2) is 0 Å². The molecule has 0 aromatic carbocycles. The third-order valence-electron chi connectivity index (χ3n) is 7.09. The molecule has 1 amide bonds. The number of aryl methyl sites for hydroxylation is 1. The molecule has 8 heteroatoms. The van der Waals surface area contributed by atoms with Gasteiger partial charge in [-0.15, -0.1) is 5.10 Å². The quantitative estimate of drug-likeness (QED) is 0.602. The van der Waals surface area contributed by atoms with Gasteiger partial charge in [-0.25, -0.2) is 4.68 Å². The Kier molecular flexibility index (Phi) is 6.50. The summed E-state index contributed by atoms with van der Waals surface area (Å²) < 4.78 is 1.90. The number of nitrogens with one attached hydrogen (secondary N) is 1. The van der Waals surface area contributed by atoms with Crippen LogP contribution in [0.5, 0.6) is 0 Å². The van der Waals surface area contributed by atoms with E-state index < -0.39 is 6.23 Å². The van der Waals surface area contributed by atoms with Gasteiger partial charge in [0.25, 0.3) is 0 Å². The second kappa shape index (κ2) is 9.16. The minimum absolute atomic E-state index is 0.0161. The summed E-state index contributed by atoms with van der Waals surface area (Å²) >= 11 is 0. The van der Waals surface area contributed by atoms with Crippen LogP contribution in [0.1, 0.15) is 64.1 Å².